The van der Waals surface area contributed by atoms with Gasteiger partial charge in [-0.3, -0.25) is 10.1 Å². The van der Waals surface area contributed by atoms with Crippen molar-refractivity contribution in [2.24, 2.45) is 5.92 Å². The van der Waals surface area contributed by atoms with E-state index in [2.05, 4.69) is 35.6 Å². The molecule has 104 valence electrons. The maximum absolute atomic E-state index is 8.81. The lowest BCUT2D eigenvalue weighted by atomic mass is 9.87. The highest BCUT2D eigenvalue weighted by atomic mass is 16.6. The summed E-state index contributed by atoms with van der Waals surface area (Å²) in [5.41, 5.74) is 1.52. The minimum atomic E-state index is -0.500. The molecule has 2 unspecified atom stereocenters. The molecular formula is C15H22N2O2. The van der Waals surface area contributed by atoms with Crippen molar-refractivity contribution < 1.29 is 4.92 Å². The first-order chi connectivity index (χ1) is 9.13. The Hall–Kier alpha value is -1.42. The fraction of sp³-hybridized carbons (Fsp3) is 0.600. The second-order valence-corrected chi connectivity index (χ2v) is 5.60. The van der Waals surface area contributed by atoms with Crippen molar-refractivity contribution in [1.82, 2.24) is 5.32 Å². The molecule has 1 aromatic carbocycles. The van der Waals surface area contributed by atoms with Crippen molar-refractivity contribution in [3.63, 3.8) is 0 Å². The van der Waals surface area contributed by atoms with Crippen LogP contribution in [0.4, 0.5) is 0 Å². The smallest absolute Gasteiger partial charge is 0.194 e. The molecule has 0 saturated carbocycles. The van der Waals surface area contributed by atoms with E-state index in [0.29, 0.717) is 0 Å². The highest BCUT2D eigenvalue weighted by Gasteiger charge is 2.33. The molecule has 0 aromatic heterocycles. The van der Waals surface area contributed by atoms with Gasteiger partial charge in [0.1, 0.15) is 0 Å². The van der Waals surface area contributed by atoms with E-state index in [9.17, 15) is 0 Å². The summed E-state index contributed by atoms with van der Waals surface area (Å²) in [5, 5.41) is 12.5. The van der Waals surface area contributed by atoms with Crippen LogP contribution in [0.1, 0.15) is 31.2 Å². The number of benzene rings is 1. The van der Waals surface area contributed by atoms with Crippen molar-refractivity contribution in [2.75, 3.05) is 7.05 Å². The van der Waals surface area contributed by atoms with Gasteiger partial charge < -0.3 is 5.32 Å². The summed E-state index contributed by atoms with van der Waals surface area (Å²) in [7, 11) is 0.889. The Morgan fingerprint density at radius 2 is 1.74 bits per heavy atom. The highest BCUT2D eigenvalue weighted by molar-refractivity contribution is 5.15. The van der Waals surface area contributed by atoms with E-state index in [0.717, 1.165) is 25.0 Å². The molecule has 2 fully saturated rings. The first kappa shape index (κ1) is 14.0. The van der Waals surface area contributed by atoms with Gasteiger partial charge in [-0.05, 0) is 43.6 Å². The summed E-state index contributed by atoms with van der Waals surface area (Å²) in [4.78, 5) is 8.31. The van der Waals surface area contributed by atoms with Gasteiger partial charge in [0.15, 0.2) is 7.05 Å². The Labute approximate surface area is 114 Å². The Bertz CT molecular complexity index is 392. The molecule has 0 spiro atoms. The molecule has 1 N–H and O–H groups in total. The molecular weight excluding hydrogens is 240 g/mol. The second kappa shape index (κ2) is 6.66. The second-order valence-electron chi connectivity index (χ2n) is 5.60. The third-order valence-corrected chi connectivity index (χ3v) is 3.94. The molecule has 2 bridgehead atoms. The molecule has 1 aromatic rings. The molecule has 0 amide bonds. The molecule has 2 heterocycles. The van der Waals surface area contributed by atoms with Gasteiger partial charge in [-0.2, -0.15) is 0 Å². The number of hydrogen-bond acceptors (Lipinski definition) is 3. The number of hydrogen-bond donors (Lipinski definition) is 1. The van der Waals surface area contributed by atoms with E-state index in [1.807, 2.05) is 0 Å². The maximum Gasteiger partial charge on any atom is 0.194 e. The molecule has 2 aliphatic rings. The molecule has 19 heavy (non-hydrogen) atoms. The summed E-state index contributed by atoms with van der Waals surface area (Å²) >= 11 is 0. The van der Waals surface area contributed by atoms with Crippen LogP contribution in [0.15, 0.2) is 30.3 Å². The Morgan fingerprint density at radius 1 is 1.21 bits per heavy atom. The van der Waals surface area contributed by atoms with Gasteiger partial charge in [-0.25, -0.2) is 0 Å². The van der Waals surface area contributed by atoms with Gasteiger partial charge in [0.2, 0.25) is 0 Å². The lowest BCUT2D eigenvalue weighted by Crippen LogP contribution is -2.38. The van der Waals surface area contributed by atoms with Crippen LogP contribution in [0.2, 0.25) is 0 Å². The Kier molecular flexibility index (Phi) is 4.91. The molecule has 0 radical (unpaired) electrons. The minimum absolute atomic E-state index is 0.500. The number of nitrogens with one attached hydrogen (secondary N) is 1. The van der Waals surface area contributed by atoms with Crippen LogP contribution in [-0.4, -0.2) is 24.1 Å². The highest BCUT2D eigenvalue weighted by Crippen LogP contribution is 2.32. The zero-order chi connectivity index (χ0) is 13.7. The van der Waals surface area contributed by atoms with Crippen LogP contribution < -0.4 is 5.32 Å². The zero-order valence-electron chi connectivity index (χ0n) is 11.4. The lowest BCUT2D eigenvalue weighted by molar-refractivity contribution is -0.445. The molecule has 3 rings (SSSR count). The number of nitro groups is 1. The first-order valence-electron chi connectivity index (χ1n) is 7.01. The minimum Gasteiger partial charge on any atom is -0.311 e. The van der Waals surface area contributed by atoms with Crippen molar-refractivity contribution in [3.8, 4) is 0 Å². The van der Waals surface area contributed by atoms with Gasteiger partial charge in [0.25, 0.3) is 0 Å². The summed E-state index contributed by atoms with van der Waals surface area (Å²) < 4.78 is 0. The normalized spacial score (nSPS) is 28.4. The monoisotopic (exact) mass is 262 g/mol. The van der Waals surface area contributed by atoms with Crippen LogP contribution in [-0.2, 0) is 6.42 Å². The van der Waals surface area contributed by atoms with Crippen molar-refractivity contribution in [3.05, 3.63) is 46.0 Å². The first-order valence-corrected chi connectivity index (χ1v) is 7.01. The zero-order valence-corrected chi connectivity index (χ0v) is 11.4. The van der Waals surface area contributed by atoms with Crippen LogP contribution in [0.25, 0.3) is 0 Å². The Balaban J connectivity index is 0.000000297. The molecule has 2 aliphatic heterocycles. The molecule has 0 aliphatic carbocycles. The number of rotatable bonds is 2. The predicted molar refractivity (Wildman–Crippen MR) is 75.7 cm³/mol. The third-order valence-electron chi connectivity index (χ3n) is 3.94. The largest absolute Gasteiger partial charge is 0.311 e. The lowest BCUT2D eigenvalue weighted by Gasteiger charge is -2.29. The number of nitrogens with zero attached hydrogens (tertiary/aromatic N) is 1. The SMILES string of the molecule is C[N+](=O)[O-].c1ccc(CC2CC3CC[C@H](C2)N3)cc1. The third kappa shape index (κ3) is 4.63. The summed E-state index contributed by atoms with van der Waals surface area (Å²) in [6, 6.07) is 12.6. The van der Waals surface area contributed by atoms with Crippen molar-refractivity contribution in [2.45, 2.75) is 44.2 Å². The number of piperidine rings is 1. The fourth-order valence-electron chi connectivity index (χ4n) is 3.29. The quantitative estimate of drug-likeness (QED) is 0.658. The van der Waals surface area contributed by atoms with Gasteiger partial charge >= 0.3 is 0 Å². The van der Waals surface area contributed by atoms with E-state index < -0.39 is 4.92 Å². The maximum atomic E-state index is 8.81. The number of fused-ring (bicyclic) bond motifs is 2. The average molecular weight is 262 g/mol. The van der Waals surface area contributed by atoms with Crippen molar-refractivity contribution >= 4 is 0 Å². The van der Waals surface area contributed by atoms with E-state index >= 15 is 0 Å². The van der Waals surface area contributed by atoms with Crippen LogP contribution in [0.5, 0.6) is 0 Å². The van der Waals surface area contributed by atoms with Crippen molar-refractivity contribution in [1.29, 1.82) is 0 Å². The molecule has 2 saturated heterocycles. The van der Waals surface area contributed by atoms with Crippen LogP contribution in [0, 0.1) is 16.0 Å². The molecule has 3 atom stereocenters. The van der Waals surface area contributed by atoms with Crippen LogP contribution >= 0.6 is 0 Å². The summed E-state index contributed by atoms with van der Waals surface area (Å²) in [6.45, 7) is 0. The van der Waals surface area contributed by atoms with Gasteiger partial charge in [-0.1, -0.05) is 30.3 Å². The Morgan fingerprint density at radius 3 is 2.26 bits per heavy atom. The van der Waals surface area contributed by atoms with E-state index in [-0.39, 0.29) is 0 Å². The summed E-state index contributed by atoms with van der Waals surface area (Å²) in [5.74, 6) is 0.922. The summed E-state index contributed by atoms with van der Waals surface area (Å²) in [6.07, 6.45) is 6.90. The average Bonchev–Trinajstić information content (AvgIpc) is 2.69. The van der Waals surface area contributed by atoms with Gasteiger partial charge in [0.05, 0.1) is 0 Å². The standard InChI is InChI=1S/C14H19N.CH3NO2/c1-2-4-11(5-3-1)8-12-9-13-6-7-14(10-12)15-13;1-2(3)4/h1-5,12-15H,6-10H2;1H3/t12?,13-,14?;/m1./s1. The van der Waals surface area contributed by atoms with E-state index in [1.54, 1.807) is 0 Å². The van der Waals surface area contributed by atoms with Gasteiger partial charge in [0, 0.05) is 17.0 Å². The predicted octanol–water partition coefficient (Wildman–Crippen LogP) is 2.65. The van der Waals surface area contributed by atoms with E-state index in [1.165, 1.54) is 37.7 Å². The fourth-order valence-corrected chi connectivity index (χ4v) is 3.29. The molecule has 4 heteroatoms. The molecule has 4 nitrogen and oxygen atoms in total. The van der Waals surface area contributed by atoms with Gasteiger partial charge in [-0.15, -0.1) is 0 Å². The van der Waals surface area contributed by atoms with Crippen LogP contribution in [0.3, 0.4) is 0 Å². The topological polar surface area (TPSA) is 55.2 Å². The van der Waals surface area contributed by atoms with E-state index in [4.69, 9.17) is 10.1 Å².